The van der Waals surface area contributed by atoms with E-state index in [4.69, 9.17) is 4.74 Å². The number of carbonyl (C=O) groups is 2. The van der Waals surface area contributed by atoms with Gasteiger partial charge in [0.25, 0.3) is 5.91 Å². The van der Waals surface area contributed by atoms with Crippen molar-refractivity contribution in [2.75, 3.05) is 11.9 Å². The first-order chi connectivity index (χ1) is 11.0. The van der Waals surface area contributed by atoms with Crippen molar-refractivity contribution in [3.05, 3.63) is 29.3 Å². The van der Waals surface area contributed by atoms with Gasteiger partial charge in [-0.1, -0.05) is 12.5 Å². The van der Waals surface area contributed by atoms with E-state index in [1.165, 1.54) is 19.3 Å². The molecule has 3 rings (SSSR count). The molecule has 124 valence electrons. The number of benzene rings is 1. The average molecular weight is 315 g/mol. The van der Waals surface area contributed by atoms with Crippen LogP contribution in [0.3, 0.4) is 0 Å². The summed E-state index contributed by atoms with van der Waals surface area (Å²) in [7, 11) is 0. The molecular formula is C19H25NO3. The third-order valence-electron chi connectivity index (χ3n) is 5.18. The third-order valence-corrected chi connectivity index (χ3v) is 5.18. The Morgan fingerprint density at radius 3 is 2.48 bits per heavy atom. The van der Waals surface area contributed by atoms with E-state index in [0.717, 1.165) is 29.2 Å². The zero-order valence-corrected chi connectivity index (χ0v) is 13.9. The Kier molecular flexibility index (Phi) is 4.69. The number of hydrogen-bond acceptors (Lipinski definition) is 3. The van der Waals surface area contributed by atoms with Crippen molar-refractivity contribution in [3.63, 3.8) is 0 Å². The maximum atomic E-state index is 11.9. The highest BCUT2D eigenvalue weighted by molar-refractivity contribution is 5.92. The minimum Gasteiger partial charge on any atom is -0.456 e. The quantitative estimate of drug-likeness (QED) is 0.845. The lowest BCUT2D eigenvalue weighted by Gasteiger charge is -2.20. The van der Waals surface area contributed by atoms with Gasteiger partial charge < -0.3 is 10.1 Å². The van der Waals surface area contributed by atoms with Crippen LogP contribution in [0.25, 0.3) is 0 Å². The average Bonchev–Trinajstić information content (AvgIpc) is 3.06. The monoisotopic (exact) mass is 315 g/mol. The van der Waals surface area contributed by atoms with Crippen LogP contribution in [-0.4, -0.2) is 18.5 Å². The lowest BCUT2D eigenvalue weighted by molar-refractivity contribution is -0.148. The predicted octanol–water partition coefficient (Wildman–Crippen LogP) is 3.61. The largest absolute Gasteiger partial charge is 0.456 e. The van der Waals surface area contributed by atoms with E-state index in [-0.39, 0.29) is 18.5 Å². The van der Waals surface area contributed by atoms with Gasteiger partial charge in [-0.15, -0.1) is 0 Å². The Morgan fingerprint density at radius 1 is 1.13 bits per heavy atom. The SMILES string of the molecule is Cc1cc(C)cc(NC(=O)COC(=O)C[C@@H]2C[C@H]3CC[C@@H]2C3)c1. The second kappa shape index (κ2) is 6.73. The summed E-state index contributed by atoms with van der Waals surface area (Å²) in [5.41, 5.74) is 2.93. The standard InChI is InChI=1S/C19H25NO3/c1-12-5-13(2)7-17(6-12)20-18(21)11-23-19(22)10-16-9-14-3-4-15(16)8-14/h5-7,14-16H,3-4,8-11H2,1-2H3,(H,20,21)/t14-,15+,16-/m0/s1. The molecule has 0 saturated heterocycles. The van der Waals surface area contributed by atoms with Gasteiger partial charge in [-0.25, -0.2) is 0 Å². The van der Waals surface area contributed by atoms with Crippen molar-refractivity contribution in [1.82, 2.24) is 0 Å². The van der Waals surface area contributed by atoms with Crippen molar-refractivity contribution < 1.29 is 14.3 Å². The first-order valence-corrected chi connectivity index (χ1v) is 8.53. The lowest BCUT2D eigenvalue weighted by atomic mass is 9.86. The van der Waals surface area contributed by atoms with Gasteiger partial charge in [0.2, 0.25) is 0 Å². The van der Waals surface area contributed by atoms with E-state index < -0.39 is 0 Å². The molecule has 2 aliphatic rings. The van der Waals surface area contributed by atoms with E-state index >= 15 is 0 Å². The van der Waals surface area contributed by atoms with Crippen molar-refractivity contribution in [2.24, 2.45) is 17.8 Å². The third kappa shape index (κ3) is 4.12. The highest BCUT2D eigenvalue weighted by atomic mass is 16.5. The molecule has 1 N–H and O–H groups in total. The van der Waals surface area contributed by atoms with Crippen molar-refractivity contribution >= 4 is 17.6 Å². The van der Waals surface area contributed by atoms with Crippen LogP contribution in [0.4, 0.5) is 5.69 Å². The second-order valence-electron chi connectivity index (χ2n) is 7.22. The number of ether oxygens (including phenoxy) is 1. The fraction of sp³-hybridized carbons (Fsp3) is 0.579. The topological polar surface area (TPSA) is 55.4 Å². The van der Waals surface area contributed by atoms with Gasteiger partial charge in [0.15, 0.2) is 6.61 Å². The van der Waals surface area contributed by atoms with Crippen LogP contribution in [0.5, 0.6) is 0 Å². The fourth-order valence-electron chi connectivity index (χ4n) is 4.29. The first-order valence-electron chi connectivity index (χ1n) is 8.53. The van der Waals surface area contributed by atoms with Crippen LogP contribution in [0.1, 0.15) is 43.2 Å². The normalized spacial score (nSPS) is 25.4. The molecule has 23 heavy (non-hydrogen) atoms. The van der Waals surface area contributed by atoms with Crippen molar-refractivity contribution in [3.8, 4) is 0 Å². The highest BCUT2D eigenvalue weighted by Gasteiger charge is 2.40. The Hall–Kier alpha value is -1.84. The van der Waals surface area contributed by atoms with Crippen LogP contribution in [0.15, 0.2) is 18.2 Å². The van der Waals surface area contributed by atoms with Gasteiger partial charge in [-0.2, -0.15) is 0 Å². The number of esters is 1. The summed E-state index contributed by atoms with van der Waals surface area (Å²) in [6.45, 7) is 3.77. The number of nitrogens with one attached hydrogen (secondary N) is 1. The molecule has 0 heterocycles. The Balaban J connectivity index is 1.42. The smallest absolute Gasteiger partial charge is 0.306 e. The lowest BCUT2D eigenvalue weighted by Crippen LogP contribution is -2.23. The second-order valence-corrected chi connectivity index (χ2v) is 7.22. The zero-order chi connectivity index (χ0) is 16.4. The number of rotatable bonds is 5. The first kappa shape index (κ1) is 16.0. The predicted molar refractivity (Wildman–Crippen MR) is 89.1 cm³/mol. The van der Waals surface area contributed by atoms with Gasteiger partial charge in [-0.05, 0) is 74.1 Å². The Bertz CT molecular complexity index is 590. The number of hydrogen-bond donors (Lipinski definition) is 1. The highest BCUT2D eigenvalue weighted by Crippen LogP contribution is 2.49. The summed E-state index contributed by atoms with van der Waals surface area (Å²) in [4.78, 5) is 23.9. The number of aryl methyl sites for hydroxylation is 2. The number of fused-ring (bicyclic) bond motifs is 2. The summed E-state index contributed by atoms with van der Waals surface area (Å²) < 4.78 is 5.16. The molecule has 3 atom stereocenters. The Morgan fingerprint density at radius 2 is 1.87 bits per heavy atom. The van der Waals surface area contributed by atoms with E-state index in [0.29, 0.717) is 18.3 Å². The van der Waals surface area contributed by atoms with Gasteiger partial charge in [0.05, 0.1) is 0 Å². The maximum Gasteiger partial charge on any atom is 0.306 e. The van der Waals surface area contributed by atoms with E-state index in [1.54, 1.807) is 0 Å². The fourth-order valence-corrected chi connectivity index (χ4v) is 4.29. The molecule has 0 unspecified atom stereocenters. The molecule has 2 aliphatic carbocycles. The molecule has 0 radical (unpaired) electrons. The summed E-state index contributed by atoms with van der Waals surface area (Å²) >= 11 is 0. The molecule has 4 nitrogen and oxygen atoms in total. The van der Waals surface area contributed by atoms with Gasteiger partial charge in [-0.3, -0.25) is 9.59 Å². The molecule has 1 aromatic carbocycles. The maximum absolute atomic E-state index is 11.9. The number of amides is 1. The summed E-state index contributed by atoms with van der Waals surface area (Å²) in [6, 6.07) is 5.86. The van der Waals surface area contributed by atoms with Crippen molar-refractivity contribution in [1.29, 1.82) is 0 Å². The summed E-state index contributed by atoms with van der Waals surface area (Å²) in [5.74, 6) is 1.49. The minimum atomic E-state index is -0.281. The molecule has 2 fully saturated rings. The van der Waals surface area contributed by atoms with Crippen LogP contribution >= 0.6 is 0 Å². The van der Waals surface area contributed by atoms with Crippen LogP contribution in [0.2, 0.25) is 0 Å². The molecule has 0 aromatic heterocycles. The molecule has 2 bridgehead atoms. The van der Waals surface area contributed by atoms with E-state index in [1.807, 2.05) is 32.0 Å². The summed E-state index contributed by atoms with van der Waals surface area (Å²) in [6.07, 6.45) is 5.50. The molecule has 0 aliphatic heterocycles. The molecule has 1 amide bonds. The van der Waals surface area contributed by atoms with Crippen LogP contribution in [-0.2, 0) is 14.3 Å². The van der Waals surface area contributed by atoms with E-state index in [9.17, 15) is 9.59 Å². The number of carbonyl (C=O) groups excluding carboxylic acids is 2. The minimum absolute atomic E-state index is 0.202. The molecular weight excluding hydrogens is 290 g/mol. The zero-order valence-electron chi connectivity index (χ0n) is 13.9. The van der Waals surface area contributed by atoms with E-state index in [2.05, 4.69) is 5.32 Å². The molecule has 0 spiro atoms. The van der Waals surface area contributed by atoms with Gasteiger partial charge in [0, 0.05) is 12.1 Å². The van der Waals surface area contributed by atoms with Gasteiger partial charge in [0.1, 0.15) is 0 Å². The van der Waals surface area contributed by atoms with Crippen molar-refractivity contribution in [2.45, 2.75) is 46.0 Å². The van der Waals surface area contributed by atoms with Crippen LogP contribution in [0, 0.1) is 31.6 Å². The Labute approximate surface area is 137 Å². The number of anilines is 1. The molecule has 2 saturated carbocycles. The summed E-state index contributed by atoms with van der Waals surface area (Å²) in [5, 5.41) is 2.78. The van der Waals surface area contributed by atoms with Crippen LogP contribution < -0.4 is 5.32 Å². The molecule has 1 aromatic rings. The molecule has 4 heteroatoms. The van der Waals surface area contributed by atoms with Gasteiger partial charge >= 0.3 is 5.97 Å².